The maximum absolute atomic E-state index is 12.1. The lowest BCUT2D eigenvalue weighted by molar-refractivity contribution is -0.136. The van der Waals surface area contributed by atoms with Crippen LogP contribution in [0.3, 0.4) is 0 Å². The molecule has 5 heteroatoms. The number of benzene rings is 1. The van der Waals surface area contributed by atoms with Crippen LogP contribution in [0.4, 0.5) is 0 Å². The number of carbonyl (C=O) groups is 1. The zero-order chi connectivity index (χ0) is 15.8. The minimum absolute atomic E-state index is 0.301. The van der Waals surface area contributed by atoms with Gasteiger partial charge in [-0.2, -0.15) is 0 Å². The molecule has 1 aromatic rings. The summed E-state index contributed by atoms with van der Waals surface area (Å²) in [6.07, 6.45) is 3.84. The number of ether oxygens (including phenoxy) is 3. The molecule has 1 atom stereocenters. The fourth-order valence-electron chi connectivity index (χ4n) is 1.75. The highest BCUT2D eigenvalue weighted by Gasteiger charge is 2.20. The van der Waals surface area contributed by atoms with Crippen molar-refractivity contribution in [2.24, 2.45) is 0 Å². The fourth-order valence-corrected chi connectivity index (χ4v) is 1.75. The van der Waals surface area contributed by atoms with Crippen molar-refractivity contribution in [1.29, 1.82) is 0 Å². The number of methoxy groups -OCH3 is 2. The van der Waals surface area contributed by atoms with Crippen molar-refractivity contribution in [3.63, 3.8) is 0 Å². The van der Waals surface area contributed by atoms with Crippen LogP contribution >= 0.6 is 0 Å². The van der Waals surface area contributed by atoms with E-state index in [1.165, 1.54) is 14.2 Å². The largest absolute Gasteiger partial charge is 0.493 e. The van der Waals surface area contributed by atoms with Crippen LogP contribution in [0.2, 0.25) is 0 Å². The van der Waals surface area contributed by atoms with Gasteiger partial charge in [0.15, 0.2) is 11.5 Å². The zero-order valence-corrected chi connectivity index (χ0v) is 13.2. The fraction of sp³-hybridized carbons (Fsp3) is 0.438. The van der Waals surface area contributed by atoms with Gasteiger partial charge in [0.1, 0.15) is 6.04 Å². The van der Waals surface area contributed by atoms with Crippen LogP contribution in [-0.2, 0) is 4.79 Å². The summed E-state index contributed by atoms with van der Waals surface area (Å²) >= 11 is 0. The van der Waals surface area contributed by atoms with Crippen LogP contribution < -0.4 is 19.5 Å². The normalized spacial score (nSPS) is 12.2. The molecule has 1 N–H and O–H groups in total. The number of allylic oxidation sites excluding steroid dienone is 1. The molecule has 0 amide bonds. The lowest BCUT2D eigenvalue weighted by Gasteiger charge is -2.16. The van der Waals surface area contributed by atoms with Gasteiger partial charge in [0, 0.05) is 6.54 Å². The Morgan fingerprint density at radius 2 is 1.86 bits per heavy atom. The summed E-state index contributed by atoms with van der Waals surface area (Å²) in [5, 5.41) is 3.05. The molecular weight excluding hydrogens is 270 g/mol. The average molecular weight is 293 g/mol. The van der Waals surface area contributed by atoms with Gasteiger partial charge in [0.25, 0.3) is 0 Å². The number of hydrogen-bond donors (Lipinski definition) is 1. The summed E-state index contributed by atoms with van der Waals surface area (Å²) < 4.78 is 15.9. The lowest BCUT2D eigenvalue weighted by atomic mass is 10.2. The Labute approximate surface area is 125 Å². The molecule has 0 saturated heterocycles. The van der Waals surface area contributed by atoms with Gasteiger partial charge in [-0.25, -0.2) is 4.79 Å². The van der Waals surface area contributed by atoms with E-state index in [0.29, 0.717) is 23.8 Å². The van der Waals surface area contributed by atoms with Gasteiger partial charge in [-0.1, -0.05) is 12.2 Å². The third-order valence-corrected chi connectivity index (χ3v) is 2.94. The summed E-state index contributed by atoms with van der Waals surface area (Å²) in [4.78, 5) is 12.1. The second kappa shape index (κ2) is 8.32. The van der Waals surface area contributed by atoms with Gasteiger partial charge in [-0.05, 0) is 38.5 Å². The van der Waals surface area contributed by atoms with Crippen molar-refractivity contribution in [1.82, 2.24) is 5.32 Å². The number of esters is 1. The van der Waals surface area contributed by atoms with Crippen molar-refractivity contribution in [2.75, 3.05) is 20.8 Å². The first kappa shape index (κ1) is 17.0. The SMILES string of the molecule is CC=CCNC(C)C(=O)Oc1c(OC)cc(C)cc1OC. The number of nitrogens with one attached hydrogen (secondary N) is 1. The second-order valence-corrected chi connectivity index (χ2v) is 4.62. The molecule has 1 aromatic carbocycles. The van der Waals surface area contributed by atoms with Gasteiger partial charge >= 0.3 is 5.97 Å². The van der Waals surface area contributed by atoms with Crippen LogP contribution in [0.5, 0.6) is 17.2 Å². The van der Waals surface area contributed by atoms with Crippen LogP contribution in [0.25, 0.3) is 0 Å². The third-order valence-electron chi connectivity index (χ3n) is 2.94. The molecule has 0 fully saturated rings. The first-order chi connectivity index (χ1) is 10.0. The van der Waals surface area contributed by atoms with E-state index in [1.54, 1.807) is 19.1 Å². The quantitative estimate of drug-likeness (QED) is 0.475. The van der Waals surface area contributed by atoms with Crippen molar-refractivity contribution in [3.8, 4) is 17.2 Å². The molecule has 1 unspecified atom stereocenters. The minimum Gasteiger partial charge on any atom is -0.493 e. The second-order valence-electron chi connectivity index (χ2n) is 4.62. The van der Waals surface area contributed by atoms with E-state index in [-0.39, 0.29) is 5.97 Å². The van der Waals surface area contributed by atoms with Crippen molar-refractivity contribution in [3.05, 3.63) is 29.8 Å². The Morgan fingerprint density at radius 1 is 1.29 bits per heavy atom. The van der Waals surface area contributed by atoms with E-state index < -0.39 is 6.04 Å². The van der Waals surface area contributed by atoms with E-state index >= 15 is 0 Å². The molecule has 1 rings (SSSR count). The van der Waals surface area contributed by atoms with E-state index in [1.807, 2.05) is 26.0 Å². The minimum atomic E-state index is -0.433. The van der Waals surface area contributed by atoms with Crippen LogP contribution in [-0.4, -0.2) is 32.8 Å². The van der Waals surface area contributed by atoms with E-state index in [9.17, 15) is 4.79 Å². The topological polar surface area (TPSA) is 56.8 Å². The van der Waals surface area contributed by atoms with Crippen molar-refractivity contribution >= 4 is 5.97 Å². The molecule has 21 heavy (non-hydrogen) atoms. The van der Waals surface area contributed by atoms with Gasteiger partial charge in [0.05, 0.1) is 14.2 Å². The van der Waals surface area contributed by atoms with E-state index in [4.69, 9.17) is 14.2 Å². The number of aryl methyl sites for hydroxylation is 1. The summed E-state index contributed by atoms with van der Waals surface area (Å²) in [5.41, 5.74) is 0.961. The Hall–Kier alpha value is -2.01. The van der Waals surface area contributed by atoms with Gasteiger partial charge in [-0.3, -0.25) is 0 Å². The summed E-state index contributed by atoms with van der Waals surface area (Å²) in [5.74, 6) is 0.858. The Balaban J connectivity index is 2.88. The van der Waals surface area contributed by atoms with Crippen molar-refractivity contribution in [2.45, 2.75) is 26.8 Å². The molecule has 0 spiro atoms. The molecule has 0 aliphatic carbocycles. The highest BCUT2D eigenvalue weighted by molar-refractivity contribution is 5.79. The molecule has 0 bridgehead atoms. The van der Waals surface area contributed by atoms with Crippen molar-refractivity contribution < 1.29 is 19.0 Å². The molecule has 0 heterocycles. The molecule has 5 nitrogen and oxygen atoms in total. The highest BCUT2D eigenvalue weighted by Crippen LogP contribution is 2.38. The van der Waals surface area contributed by atoms with Crippen LogP contribution in [0.15, 0.2) is 24.3 Å². The third kappa shape index (κ3) is 4.79. The van der Waals surface area contributed by atoms with Gasteiger partial charge in [0.2, 0.25) is 5.75 Å². The summed E-state index contributed by atoms with van der Waals surface area (Å²) in [7, 11) is 3.05. The Morgan fingerprint density at radius 3 is 2.33 bits per heavy atom. The highest BCUT2D eigenvalue weighted by atomic mass is 16.6. The molecule has 0 aromatic heterocycles. The Bertz CT molecular complexity index is 486. The molecule has 116 valence electrons. The van der Waals surface area contributed by atoms with E-state index in [2.05, 4.69) is 5.32 Å². The molecule has 0 radical (unpaired) electrons. The first-order valence-corrected chi connectivity index (χ1v) is 6.82. The van der Waals surface area contributed by atoms with Crippen LogP contribution in [0, 0.1) is 6.92 Å². The maximum atomic E-state index is 12.1. The molecule has 0 saturated carbocycles. The predicted molar refractivity (Wildman–Crippen MR) is 82.2 cm³/mol. The monoisotopic (exact) mass is 293 g/mol. The zero-order valence-electron chi connectivity index (χ0n) is 13.2. The van der Waals surface area contributed by atoms with Gasteiger partial charge in [-0.15, -0.1) is 0 Å². The molecule has 0 aliphatic heterocycles. The summed E-state index contributed by atoms with van der Waals surface area (Å²) in [6, 6.07) is 3.16. The average Bonchev–Trinajstić information content (AvgIpc) is 2.48. The van der Waals surface area contributed by atoms with Gasteiger partial charge < -0.3 is 19.5 Å². The maximum Gasteiger partial charge on any atom is 0.328 e. The lowest BCUT2D eigenvalue weighted by Crippen LogP contribution is -2.37. The Kier molecular flexibility index (Phi) is 6.75. The molecular formula is C16H23NO4. The first-order valence-electron chi connectivity index (χ1n) is 6.82. The number of hydrogen-bond acceptors (Lipinski definition) is 5. The molecule has 0 aliphatic rings. The smallest absolute Gasteiger partial charge is 0.328 e. The predicted octanol–water partition coefficient (Wildman–Crippen LogP) is 2.47. The number of carbonyl (C=O) groups excluding carboxylic acids is 1. The van der Waals surface area contributed by atoms with Crippen LogP contribution in [0.1, 0.15) is 19.4 Å². The van der Waals surface area contributed by atoms with E-state index in [0.717, 1.165) is 5.56 Å². The summed E-state index contributed by atoms with van der Waals surface area (Å²) in [6.45, 7) is 6.19. The number of rotatable bonds is 7. The standard InChI is InChI=1S/C16H23NO4/c1-6-7-8-17-12(3)16(18)21-15-13(19-4)9-11(2)10-14(15)20-5/h6-7,9-10,12,17H,8H2,1-5H3.